The zero-order chi connectivity index (χ0) is 24.0. The summed E-state index contributed by atoms with van der Waals surface area (Å²) in [5.41, 5.74) is 2.47. The Bertz CT molecular complexity index is 1190. The number of fused-ring (bicyclic) bond motifs is 1. The fourth-order valence-corrected chi connectivity index (χ4v) is 6.49. The molecule has 1 unspecified atom stereocenters. The van der Waals surface area contributed by atoms with Crippen molar-refractivity contribution in [2.75, 3.05) is 17.9 Å². The molecule has 1 aliphatic heterocycles. The maximum absolute atomic E-state index is 13.2. The van der Waals surface area contributed by atoms with Crippen LogP contribution < -0.4 is 9.21 Å². The van der Waals surface area contributed by atoms with Crippen LogP contribution in [0.1, 0.15) is 52.9 Å². The Hall–Kier alpha value is -1.48. The van der Waals surface area contributed by atoms with E-state index >= 15 is 0 Å². The Kier molecular flexibility index (Phi) is 6.93. The van der Waals surface area contributed by atoms with Crippen LogP contribution >= 0.6 is 27.5 Å². The molecule has 9 heteroatoms. The van der Waals surface area contributed by atoms with Crippen molar-refractivity contribution < 1.29 is 13.3 Å². The fourth-order valence-electron chi connectivity index (χ4n) is 4.73. The van der Waals surface area contributed by atoms with Crippen LogP contribution in [0.5, 0.6) is 0 Å². The molecule has 0 radical (unpaired) electrons. The van der Waals surface area contributed by atoms with Gasteiger partial charge < -0.3 is 0 Å². The molecule has 6 nitrogen and oxygen atoms in total. The SMILES string of the molecule is CN(c1ccc2c(c1)N=C(C(C)(C)C)[NH+]2CC1CCCCC1)S(=O)(=O)c1cnc(Cl)c(Br)c1. The molecular weight excluding hydrogens is 524 g/mol. The van der Waals surface area contributed by atoms with Crippen LogP contribution in [0.3, 0.4) is 0 Å². The van der Waals surface area contributed by atoms with Crippen LogP contribution in [0.25, 0.3) is 0 Å². The largest absolute Gasteiger partial charge is 0.269 e. The smallest absolute Gasteiger partial charge is 0.265 e. The third kappa shape index (κ3) is 4.99. The summed E-state index contributed by atoms with van der Waals surface area (Å²) in [4.78, 5) is 10.4. The number of sulfonamides is 1. The molecule has 2 heterocycles. The predicted molar refractivity (Wildman–Crippen MR) is 138 cm³/mol. The molecule has 1 fully saturated rings. The number of nitrogens with one attached hydrogen (secondary N) is 1. The van der Waals surface area contributed by atoms with E-state index < -0.39 is 10.0 Å². The first-order chi connectivity index (χ1) is 15.5. The van der Waals surface area contributed by atoms with Crippen molar-refractivity contribution in [3.63, 3.8) is 0 Å². The van der Waals surface area contributed by atoms with Gasteiger partial charge in [-0.15, -0.1) is 0 Å². The maximum atomic E-state index is 13.2. The van der Waals surface area contributed by atoms with Crippen LogP contribution in [-0.4, -0.2) is 32.8 Å². The summed E-state index contributed by atoms with van der Waals surface area (Å²) < 4.78 is 28.2. The van der Waals surface area contributed by atoms with Gasteiger partial charge in [-0.05, 0) is 67.7 Å². The lowest BCUT2D eigenvalue weighted by atomic mass is 9.87. The monoisotopic (exact) mass is 553 g/mol. The van der Waals surface area contributed by atoms with Gasteiger partial charge in [0, 0.05) is 25.2 Å². The molecule has 1 saturated carbocycles. The summed E-state index contributed by atoms with van der Waals surface area (Å²) in [6, 6.07) is 7.26. The third-order valence-corrected chi connectivity index (χ3v) is 9.43. The van der Waals surface area contributed by atoms with E-state index in [2.05, 4.69) is 41.7 Å². The lowest BCUT2D eigenvalue weighted by Crippen LogP contribution is -3.11. The lowest BCUT2D eigenvalue weighted by Gasteiger charge is -2.29. The van der Waals surface area contributed by atoms with Crippen molar-refractivity contribution >= 4 is 60.5 Å². The van der Waals surface area contributed by atoms with E-state index in [0.717, 1.165) is 23.8 Å². The molecule has 1 aromatic carbocycles. The van der Waals surface area contributed by atoms with Gasteiger partial charge >= 0.3 is 0 Å². The minimum atomic E-state index is -3.80. The lowest BCUT2D eigenvalue weighted by molar-refractivity contribution is -0.738. The van der Waals surface area contributed by atoms with Crippen LogP contribution in [0.15, 0.2) is 44.8 Å². The Morgan fingerprint density at radius 3 is 2.52 bits per heavy atom. The molecule has 1 atom stereocenters. The molecule has 178 valence electrons. The van der Waals surface area contributed by atoms with E-state index in [1.807, 2.05) is 18.2 Å². The van der Waals surface area contributed by atoms with Crippen LogP contribution in [0.4, 0.5) is 17.1 Å². The van der Waals surface area contributed by atoms with Crippen LogP contribution in [0, 0.1) is 11.3 Å². The minimum absolute atomic E-state index is 0.0743. The summed E-state index contributed by atoms with van der Waals surface area (Å²) in [5, 5.41) is 0.221. The van der Waals surface area contributed by atoms with Crippen molar-refractivity contribution in [2.24, 2.45) is 16.3 Å². The van der Waals surface area contributed by atoms with Gasteiger partial charge in [0.2, 0.25) is 5.84 Å². The average Bonchev–Trinajstić information content (AvgIpc) is 3.14. The highest BCUT2D eigenvalue weighted by molar-refractivity contribution is 9.10. The number of hydrogen-bond donors (Lipinski definition) is 1. The molecule has 2 aliphatic rings. The molecule has 0 spiro atoms. The first-order valence-corrected chi connectivity index (χ1v) is 14.0. The molecule has 0 saturated heterocycles. The normalized spacial score (nSPS) is 19.3. The Balaban J connectivity index is 1.67. The molecule has 2 aromatic rings. The second kappa shape index (κ2) is 9.29. The van der Waals surface area contributed by atoms with Gasteiger partial charge in [0.1, 0.15) is 15.7 Å². The summed E-state index contributed by atoms with van der Waals surface area (Å²) in [6.07, 6.45) is 7.79. The molecule has 1 N–H and O–H groups in total. The number of anilines is 1. The van der Waals surface area contributed by atoms with Gasteiger partial charge in [-0.25, -0.2) is 13.4 Å². The Labute approximate surface area is 210 Å². The summed E-state index contributed by atoms with van der Waals surface area (Å²) in [5.74, 6) is 1.82. The van der Waals surface area contributed by atoms with Crippen molar-refractivity contribution in [3.05, 3.63) is 40.1 Å². The molecule has 0 amide bonds. The van der Waals surface area contributed by atoms with E-state index in [9.17, 15) is 8.42 Å². The quantitative estimate of drug-likeness (QED) is 0.496. The summed E-state index contributed by atoms with van der Waals surface area (Å²) >= 11 is 9.20. The number of pyridine rings is 1. The van der Waals surface area contributed by atoms with E-state index in [0.29, 0.717) is 16.1 Å². The van der Waals surface area contributed by atoms with Gasteiger partial charge in [-0.2, -0.15) is 4.99 Å². The molecule has 33 heavy (non-hydrogen) atoms. The molecular formula is C24H31BrClN4O2S+. The topological polar surface area (TPSA) is 67.1 Å². The standard InChI is InChI=1S/C24H30BrClN4O2S/c1-24(2,3)23-28-20-12-17(10-11-21(20)30(23)15-16-8-6-5-7-9-16)29(4)33(31,32)18-13-19(25)22(26)27-14-18/h10-14,16H,5-9,15H2,1-4H3/p+1. The van der Waals surface area contributed by atoms with E-state index in [1.165, 1.54) is 53.6 Å². The highest BCUT2D eigenvalue weighted by Gasteiger charge is 2.39. The zero-order valence-electron chi connectivity index (χ0n) is 19.5. The number of benzene rings is 1. The molecule has 1 aromatic heterocycles. The zero-order valence-corrected chi connectivity index (χ0v) is 22.7. The number of nitrogens with zero attached hydrogens (tertiary/aromatic N) is 3. The number of hydrogen-bond acceptors (Lipinski definition) is 4. The number of amidine groups is 1. The van der Waals surface area contributed by atoms with E-state index in [-0.39, 0.29) is 15.5 Å². The van der Waals surface area contributed by atoms with Gasteiger partial charge in [0.15, 0.2) is 5.69 Å². The molecule has 0 bridgehead atoms. The molecule has 1 aliphatic carbocycles. The van der Waals surface area contributed by atoms with E-state index in [1.54, 1.807) is 7.05 Å². The summed E-state index contributed by atoms with van der Waals surface area (Å²) in [7, 11) is -2.25. The van der Waals surface area contributed by atoms with Crippen molar-refractivity contribution in [1.29, 1.82) is 0 Å². The number of aromatic nitrogens is 1. The second-order valence-electron chi connectivity index (χ2n) is 10.0. The predicted octanol–water partition coefficient (Wildman–Crippen LogP) is 5.51. The van der Waals surface area contributed by atoms with E-state index in [4.69, 9.17) is 16.6 Å². The maximum Gasteiger partial charge on any atom is 0.265 e. The molecule has 4 rings (SSSR count). The number of rotatable bonds is 5. The van der Waals surface area contributed by atoms with Crippen molar-refractivity contribution in [2.45, 2.75) is 57.8 Å². The van der Waals surface area contributed by atoms with Gasteiger partial charge in [-0.1, -0.05) is 30.9 Å². The summed E-state index contributed by atoms with van der Waals surface area (Å²) in [6.45, 7) is 7.63. The minimum Gasteiger partial charge on any atom is -0.269 e. The highest BCUT2D eigenvalue weighted by atomic mass is 79.9. The first-order valence-electron chi connectivity index (χ1n) is 11.4. The van der Waals surface area contributed by atoms with Crippen molar-refractivity contribution in [1.82, 2.24) is 4.98 Å². The highest BCUT2D eigenvalue weighted by Crippen LogP contribution is 2.36. The number of halogens is 2. The van der Waals surface area contributed by atoms with Crippen LogP contribution in [-0.2, 0) is 10.0 Å². The average molecular weight is 555 g/mol. The van der Waals surface area contributed by atoms with Gasteiger partial charge in [0.05, 0.1) is 22.1 Å². The first kappa shape index (κ1) is 24.6. The number of quaternary nitrogens is 1. The second-order valence-corrected chi connectivity index (χ2v) is 13.2. The van der Waals surface area contributed by atoms with Crippen LogP contribution in [0.2, 0.25) is 5.15 Å². The Morgan fingerprint density at radius 2 is 1.88 bits per heavy atom. The third-order valence-electron chi connectivity index (χ3n) is 6.55. The van der Waals surface area contributed by atoms with Gasteiger partial charge in [-0.3, -0.25) is 9.21 Å². The Morgan fingerprint density at radius 1 is 1.18 bits per heavy atom. The fraction of sp³-hybridized carbons (Fsp3) is 0.500. The van der Waals surface area contributed by atoms with Crippen molar-refractivity contribution in [3.8, 4) is 0 Å². The van der Waals surface area contributed by atoms with Gasteiger partial charge in [0.25, 0.3) is 10.0 Å². The number of aliphatic imine (C=N–C) groups is 1.